The number of hydrogen-bond donors (Lipinski definition) is 1. The number of unbranched alkanes of at least 4 members (excludes halogenated alkanes) is 2. The molecule has 0 radical (unpaired) electrons. The standard InChI is InChI=1S/C30H30N2O6/c1-2-3-4-15-36-23-8-5-21(6-9-23)27-26(28(33)22-7-10-24-25(18-22)38-17-16-37-24)29(34)30(35)32(27)19-20-11-13-31-14-12-20/h5-14,18,27,33H,2-4,15-17,19H2,1H3/t27-/m1/s1. The summed E-state index contributed by atoms with van der Waals surface area (Å²) in [7, 11) is 0. The van der Waals surface area contributed by atoms with Gasteiger partial charge in [-0.25, -0.2) is 0 Å². The third kappa shape index (κ3) is 5.20. The van der Waals surface area contributed by atoms with Gasteiger partial charge in [-0.05, 0) is 60.0 Å². The van der Waals surface area contributed by atoms with E-state index in [1.807, 2.05) is 24.3 Å². The van der Waals surface area contributed by atoms with E-state index in [4.69, 9.17) is 14.2 Å². The fraction of sp³-hybridized carbons (Fsp3) is 0.300. The Kier molecular flexibility index (Phi) is 7.58. The predicted molar refractivity (Wildman–Crippen MR) is 141 cm³/mol. The number of nitrogens with zero attached hydrogens (tertiary/aromatic N) is 2. The Morgan fingerprint density at radius 3 is 2.47 bits per heavy atom. The molecule has 1 saturated heterocycles. The van der Waals surface area contributed by atoms with Gasteiger partial charge in [0.25, 0.3) is 11.7 Å². The molecule has 1 fully saturated rings. The van der Waals surface area contributed by atoms with Crippen molar-refractivity contribution >= 4 is 17.4 Å². The second-order valence-corrected chi connectivity index (χ2v) is 9.27. The minimum Gasteiger partial charge on any atom is -0.507 e. The molecule has 0 aliphatic carbocycles. The molecule has 0 unspecified atom stereocenters. The molecular formula is C30H30N2O6. The number of amides is 1. The zero-order valence-electron chi connectivity index (χ0n) is 21.3. The van der Waals surface area contributed by atoms with Crippen LogP contribution in [0.5, 0.6) is 17.2 Å². The van der Waals surface area contributed by atoms with Crippen LogP contribution in [-0.4, -0.2) is 46.5 Å². The van der Waals surface area contributed by atoms with Crippen LogP contribution in [0, 0.1) is 0 Å². The fourth-order valence-corrected chi connectivity index (χ4v) is 4.71. The number of Topliss-reactive ketones (excluding diaryl/α,β-unsaturated/α-hetero) is 1. The summed E-state index contributed by atoms with van der Waals surface area (Å²) in [4.78, 5) is 32.2. The Balaban J connectivity index is 1.53. The number of aliphatic hydroxyl groups is 1. The summed E-state index contributed by atoms with van der Waals surface area (Å²) in [5, 5.41) is 11.4. The van der Waals surface area contributed by atoms with E-state index in [9.17, 15) is 14.7 Å². The van der Waals surface area contributed by atoms with Crippen LogP contribution >= 0.6 is 0 Å². The molecule has 2 aliphatic rings. The van der Waals surface area contributed by atoms with Gasteiger partial charge in [0.1, 0.15) is 24.7 Å². The summed E-state index contributed by atoms with van der Waals surface area (Å²) < 4.78 is 17.1. The molecule has 1 amide bonds. The number of ether oxygens (including phenoxy) is 3. The van der Waals surface area contributed by atoms with E-state index in [1.54, 1.807) is 42.7 Å². The van der Waals surface area contributed by atoms with Gasteiger partial charge in [-0.1, -0.05) is 31.9 Å². The van der Waals surface area contributed by atoms with Crippen molar-refractivity contribution in [3.63, 3.8) is 0 Å². The number of likely N-dealkylation sites (tertiary alicyclic amines) is 1. The maximum Gasteiger partial charge on any atom is 0.295 e. The lowest BCUT2D eigenvalue weighted by Crippen LogP contribution is -2.29. The van der Waals surface area contributed by atoms with Crippen LogP contribution in [0.4, 0.5) is 0 Å². The van der Waals surface area contributed by atoms with Crippen molar-refractivity contribution in [3.8, 4) is 17.2 Å². The quantitative estimate of drug-likeness (QED) is 0.185. The van der Waals surface area contributed by atoms with Crippen LogP contribution in [0.25, 0.3) is 5.76 Å². The molecule has 0 bridgehead atoms. The monoisotopic (exact) mass is 514 g/mol. The number of carbonyl (C=O) groups excluding carboxylic acids is 2. The molecular weight excluding hydrogens is 484 g/mol. The zero-order chi connectivity index (χ0) is 26.5. The molecule has 3 heterocycles. The number of carbonyl (C=O) groups is 2. The number of ketones is 1. The molecule has 0 saturated carbocycles. The van der Waals surface area contributed by atoms with Crippen molar-refractivity contribution in [2.75, 3.05) is 19.8 Å². The van der Waals surface area contributed by atoms with E-state index in [1.165, 1.54) is 4.90 Å². The summed E-state index contributed by atoms with van der Waals surface area (Å²) >= 11 is 0. The Morgan fingerprint density at radius 1 is 1.00 bits per heavy atom. The van der Waals surface area contributed by atoms with Gasteiger partial charge in [0.05, 0.1) is 18.2 Å². The van der Waals surface area contributed by atoms with E-state index in [2.05, 4.69) is 11.9 Å². The lowest BCUT2D eigenvalue weighted by molar-refractivity contribution is -0.140. The molecule has 8 heteroatoms. The van der Waals surface area contributed by atoms with E-state index < -0.39 is 17.7 Å². The Hall–Kier alpha value is -4.33. The van der Waals surface area contributed by atoms with Crippen molar-refractivity contribution in [3.05, 3.63) is 89.3 Å². The minimum absolute atomic E-state index is 0.0253. The largest absolute Gasteiger partial charge is 0.507 e. The first-order chi connectivity index (χ1) is 18.6. The van der Waals surface area contributed by atoms with Gasteiger partial charge < -0.3 is 24.2 Å². The summed E-state index contributed by atoms with van der Waals surface area (Å²) in [5.74, 6) is 0.0804. The second-order valence-electron chi connectivity index (χ2n) is 9.27. The molecule has 0 spiro atoms. The first kappa shape index (κ1) is 25.3. The van der Waals surface area contributed by atoms with Gasteiger partial charge in [0.2, 0.25) is 0 Å². The van der Waals surface area contributed by atoms with E-state index in [-0.39, 0.29) is 17.9 Å². The van der Waals surface area contributed by atoms with Crippen molar-refractivity contribution in [1.29, 1.82) is 0 Å². The average molecular weight is 515 g/mol. The number of fused-ring (bicyclic) bond motifs is 1. The van der Waals surface area contributed by atoms with E-state index >= 15 is 0 Å². The van der Waals surface area contributed by atoms with Crippen LogP contribution in [-0.2, 0) is 16.1 Å². The highest BCUT2D eigenvalue weighted by Crippen LogP contribution is 2.42. The van der Waals surface area contributed by atoms with E-state index in [0.717, 1.165) is 24.8 Å². The topological polar surface area (TPSA) is 98.2 Å². The lowest BCUT2D eigenvalue weighted by Gasteiger charge is -2.26. The third-order valence-electron chi connectivity index (χ3n) is 6.67. The summed E-state index contributed by atoms with van der Waals surface area (Å²) in [5.41, 5.74) is 1.91. The van der Waals surface area contributed by atoms with Gasteiger partial charge >= 0.3 is 0 Å². The van der Waals surface area contributed by atoms with Crippen LogP contribution in [0.2, 0.25) is 0 Å². The van der Waals surface area contributed by atoms with Gasteiger partial charge in [-0.15, -0.1) is 0 Å². The highest BCUT2D eigenvalue weighted by molar-refractivity contribution is 6.46. The Bertz CT molecular complexity index is 1340. The smallest absolute Gasteiger partial charge is 0.295 e. The zero-order valence-corrected chi connectivity index (χ0v) is 21.3. The van der Waals surface area contributed by atoms with Crippen molar-refractivity contribution in [2.45, 2.75) is 38.8 Å². The molecule has 3 aromatic rings. The number of aromatic nitrogens is 1. The Morgan fingerprint density at radius 2 is 1.74 bits per heavy atom. The summed E-state index contributed by atoms with van der Waals surface area (Å²) in [6, 6.07) is 15.1. The van der Waals surface area contributed by atoms with E-state index in [0.29, 0.717) is 48.2 Å². The van der Waals surface area contributed by atoms with Crippen molar-refractivity contribution in [1.82, 2.24) is 9.88 Å². The van der Waals surface area contributed by atoms with Gasteiger partial charge in [0, 0.05) is 24.5 Å². The molecule has 2 aliphatic heterocycles. The van der Waals surface area contributed by atoms with Crippen molar-refractivity contribution < 1.29 is 28.9 Å². The van der Waals surface area contributed by atoms with Gasteiger partial charge in [0.15, 0.2) is 11.5 Å². The molecule has 8 nitrogen and oxygen atoms in total. The highest BCUT2D eigenvalue weighted by Gasteiger charge is 2.46. The third-order valence-corrected chi connectivity index (χ3v) is 6.67. The first-order valence-electron chi connectivity index (χ1n) is 12.9. The molecule has 5 rings (SSSR count). The lowest BCUT2D eigenvalue weighted by atomic mass is 9.95. The number of aliphatic hydroxyl groups excluding tert-OH is 1. The highest BCUT2D eigenvalue weighted by atomic mass is 16.6. The maximum absolute atomic E-state index is 13.4. The van der Waals surface area contributed by atoms with Crippen LogP contribution < -0.4 is 14.2 Å². The number of pyridine rings is 1. The SMILES string of the molecule is CCCCCOc1ccc([C@@H]2C(=C(O)c3ccc4c(c3)OCCO4)C(=O)C(=O)N2Cc2ccncc2)cc1. The molecule has 38 heavy (non-hydrogen) atoms. The number of benzene rings is 2. The van der Waals surface area contributed by atoms with Crippen LogP contribution in [0.15, 0.2) is 72.6 Å². The summed E-state index contributed by atoms with van der Waals surface area (Å²) in [6.07, 6.45) is 6.46. The summed E-state index contributed by atoms with van der Waals surface area (Å²) in [6.45, 7) is 3.78. The molecule has 2 aromatic carbocycles. The van der Waals surface area contributed by atoms with Crippen LogP contribution in [0.3, 0.4) is 0 Å². The molecule has 1 atom stereocenters. The second kappa shape index (κ2) is 11.4. The van der Waals surface area contributed by atoms with Crippen molar-refractivity contribution in [2.24, 2.45) is 0 Å². The molecule has 196 valence electrons. The fourth-order valence-electron chi connectivity index (χ4n) is 4.71. The maximum atomic E-state index is 13.4. The Labute approximate surface area is 221 Å². The first-order valence-corrected chi connectivity index (χ1v) is 12.9. The number of hydrogen-bond acceptors (Lipinski definition) is 7. The predicted octanol–water partition coefficient (Wildman–Crippen LogP) is 5.04. The minimum atomic E-state index is -0.787. The number of rotatable bonds is 9. The van der Waals surface area contributed by atoms with Gasteiger partial charge in [-0.3, -0.25) is 14.6 Å². The van der Waals surface area contributed by atoms with Crippen LogP contribution in [0.1, 0.15) is 48.9 Å². The normalized spacial score (nSPS) is 18.0. The average Bonchev–Trinajstić information content (AvgIpc) is 3.20. The molecule has 1 N–H and O–H groups in total. The molecule has 1 aromatic heterocycles. The van der Waals surface area contributed by atoms with Gasteiger partial charge in [-0.2, -0.15) is 0 Å².